The predicted octanol–water partition coefficient (Wildman–Crippen LogP) is 4.05. The summed E-state index contributed by atoms with van der Waals surface area (Å²) >= 11 is 5.99. The Morgan fingerprint density at radius 3 is 2.03 bits per heavy atom. The van der Waals surface area contributed by atoms with Crippen LogP contribution in [0.1, 0.15) is 44.4 Å². The summed E-state index contributed by atoms with van der Waals surface area (Å²) in [5.41, 5.74) is 2.45. The molecule has 186 valence electrons. The number of anilines is 1. The zero-order chi connectivity index (χ0) is 25.8. The van der Waals surface area contributed by atoms with Crippen LogP contribution in [0.5, 0.6) is 0 Å². The highest BCUT2D eigenvalue weighted by Crippen LogP contribution is 2.22. The first-order valence-electron chi connectivity index (χ1n) is 11.0. The second-order valence-electron chi connectivity index (χ2n) is 9.68. The molecule has 7 nitrogen and oxygen atoms in total. The van der Waals surface area contributed by atoms with Gasteiger partial charge in [-0.15, -0.1) is 0 Å². The van der Waals surface area contributed by atoms with Gasteiger partial charge in [0.2, 0.25) is 21.8 Å². The number of benzene rings is 2. The van der Waals surface area contributed by atoms with Crippen LogP contribution in [0.25, 0.3) is 0 Å². The van der Waals surface area contributed by atoms with Gasteiger partial charge in [-0.1, -0.05) is 29.8 Å². The molecule has 0 bridgehead atoms. The fraction of sp³-hybridized carbons (Fsp3) is 0.440. The molecule has 2 aromatic rings. The van der Waals surface area contributed by atoms with Crippen molar-refractivity contribution in [1.29, 1.82) is 0 Å². The molecule has 9 heteroatoms. The Morgan fingerprint density at radius 2 is 1.56 bits per heavy atom. The van der Waals surface area contributed by atoms with E-state index in [0.29, 0.717) is 10.7 Å². The molecule has 0 aliphatic rings. The van der Waals surface area contributed by atoms with Crippen LogP contribution >= 0.6 is 11.6 Å². The summed E-state index contributed by atoms with van der Waals surface area (Å²) in [5, 5.41) is 3.45. The Kier molecular flexibility index (Phi) is 8.77. The fourth-order valence-electron chi connectivity index (χ4n) is 3.55. The molecule has 2 aromatic carbocycles. The van der Waals surface area contributed by atoms with Crippen LogP contribution in [0.4, 0.5) is 5.69 Å². The third-order valence-corrected chi connectivity index (χ3v) is 6.50. The van der Waals surface area contributed by atoms with E-state index in [-0.39, 0.29) is 12.5 Å². The van der Waals surface area contributed by atoms with Gasteiger partial charge in [0.25, 0.3) is 0 Å². The van der Waals surface area contributed by atoms with Crippen molar-refractivity contribution < 1.29 is 18.0 Å². The van der Waals surface area contributed by atoms with E-state index < -0.39 is 34.1 Å². The van der Waals surface area contributed by atoms with Crippen LogP contribution < -0.4 is 9.62 Å². The van der Waals surface area contributed by atoms with E-state index in [1.807, 2.05) is 40.7 Å². The Bertz CT molecular complexity index is 1120. The van der Waals surface area contributed by atoms with E-state index in [1.165, 1.54) is 4.90 Å². The van der Waals surface area contributed by atoms with Crippen molar-refractivity contribution in [2.45, 2.75) is 59.7 Å². The fourth-order valence-corrected chi connectivity index (χ4v) is 4.51. The third-order valence-electron chi connectivity index (χ3n) is 5.11. The monoisotopic (exact) mass is 507 g/mol. The Balaban J connectivity index is 2.43. The first-order chi connectivity index (χ1) is 15.6. The highest BCUT2D eigenvalue weighted by atomic mass is 35.5. The molecule has 0 fully saturated rings. The summed E-state index contributed by atoms with van der Waals surface area (Å²) in [7, 11) is -3.77. The number of carbonyl (C=O) groups is 2. The van der Waals surface area contributed by atoms with Crippen molar-refractivity contribution in [3.63, 3.8) is 0 Å². The summed E-state index contributed by atoms with van der Waals surface area (Å²) in [6, 6.07) is 11.5. The van der Waals surface area contributed by atoms with E-state index in [2.05, 4.69) is 5.32 Å². The number of halogens is 1. The zero-order valence-electron chi connectivity index (χ0n) is 20.8. The van der Waals surface area contributed by atoms with E-state index in [4.69, 9.17) is 11.6 Å². The normalized spacial score (nSPS) is 12.7. The summed E-state index contributed by atoms with van der Waals surface area (Å²) in [4.78, 5) is 27.9. The number of nitrogens with zero attached hydrogens (tertiary/aromatic N) is 2. The van der Waals surface area contributed by atoms with Crippen LogP contribution in [0, 0.1) is 13.8 Å². The molecule has 0 spiro atoms. The topological polar surface area (TPSA) is 86.8 Å². The second-order valence-corrected chi connectivity index (χ2v) is 12.0. The summed E-state index contributed by atoms with van der Waals surface area (Å²) in [6.45, 7) is 10.6. The molecule has 1 atom stereocenters. The molecule has 0 aromatic heterocycles. The zero-order valence-corrected chi connectivity index (χ0v) is 22.4. The minimum atomic E-state index is -3.77. The van der Waals surface area contributed by atoms with Gasteiger partial charge < -0.3 is 10.2 Å². The van der Waals surface area contributed by atoms with Gasteiger partial charge in [-0.05, 0) is 82.5 Å². The minimum absolute atomic E-state index is 0.124. The molecule has 0 radical (unpaired) electrons. The minimum Gasteiger partial charge on any atom is -0.350 e. The van der Waals surface area contributed by atoms with Crippen LogP contribution in [0.2, 0.25) is 5.02 Å². The highest BCUT2D eigenvalue weighted by Gasteiger charge is 2.31. The van der Waals surface area contributed by atoms with Gasteiger partial charge in [0.05, 0.1) is 11.9 Å². The number of nitrogens with one attached hydrogen (secondary N) is 1. The molecule has 0 saturated carbocycles. The molecule has 0 aliphatic carbocycles. The van der Waals surface area contributed by atoms with Crippen molar-refractivity contribution in [3.05, 3.63) is 64.2 Å². The molecule has 0 heterocycles. The molecule has 2 rings (SSSR count). The molecular formula is C25H34ClN3O4S. The van der Waals surface area contributed by atoms with Crippen molar-refractivity contribution >= 4 is 39.1 Å². The van der Waals surface area contributed by atoms with Gasteiger partial charge in [0, 0.05) is 17.1 Å². The summed E-state index contributed by atoms with van der Waals surface area (Å²) in [6.07, 6.45) is 1.07. The van der Waals surface area contributed by atoms with Crippen LogP contribution in [0.3, 0.4) is 0 Å². The van der Waals surface area contributed by atoms with Crippen molar-refractivity contribution in [3.8, 4) is 0 Å². The van der Waals surface area contributed by atoms with E-state index >= 15 is 0 Å². The van der Waals surface area contributed by atoms with Crippen LogP contribution in [-0.4, -0.2) is 49.5 Å². The Labute approximate surface area is 208 Å². The van der Waals surface area contributed by atoms with E-state index in [0.717, 1.165) is 27.3 Å². The molecule has 0 aliphatic heterocycles. The lowest BCUT2D eigenvalue weighted by atomic mass is 10.1. The van der Waals surface area contributed by atoms with Gasteiger partial charge >= 0.3 is 0 Å². The molecule has 1 N–H and O–H groups in total. The van der Waals surface area contributed by atoms with Gasteiger partial charge in [0.15, 0.2) is 0 Å². The van der Waals surface area contributed by atoms with Gasteiger partial charge in [0.1, 0.15) is 12.6 Å². The highest BCUT2D eigenvalue weighted by molar-refractivity contribution is 7.92. The Morgan fingerprint density at radius 1 is 1.03 bits per heavy atom. The quantitative estimate of drug-likeness (QED) is 0.583. The molecular weight excluding hydrogens is 474 g/mol. The van der Waals surface area contributed by atoms with Gasteiger partial charge in [-0.25, -0.2) is 8.42 Å². The standard InChI is InChI=1S/C25H34ClN3O4S/c1-17-12-18(2)14-22(13-17)29(34(7,32)33)16-23(30)28(15-20-8-10-21(26)11-9-20)19(3)24(31)27-25(4,5)6/h8-14,19H,15-16H2,1-7H3,(H,27,31). The summed E-state index contributed by atoms with van der Waals surface area (Å²) in [5.74, 6) is -0.816. The van der Waals surface area contributed by atoms with Gasteiger partial charge in [-0.2, -0.15) is 0 Å². The average molecular weight is 508 g/mol. The maximum absolute atomic E-state index is 13.5. The number of hydrogen-bond acceptors (Lipinski definition) is 4. The molecule has 1 unspecified atom stereocenters. The number of sulfonamides is 1. The number of amides is 2. The second kappa shape index (κ2) is 10.8. The lowest BCUT2D eigenvalue weighted by Crippen LogP contribution is -2.54. The molecule has 0 saturated heterocycles. The molecule has 34 heavy (non-hydrogen) atoms. The van der Waals surface area contributed by atoms with Crippen molar-refractivity contribution in [2.24, 2.45) is 0 Å². The first-order valence-corrected chi connectivity index (χ1v) is 13.2. The third kappa shape index (κ3) is 8.02. The number of hydrogen-bond donors (Lipinski definition) is 1. The van der Waals surface area contributed by atoms with Crippen molar-refractivity contribution in [1.82, 2.24) is 10.2 Å². The lowest BCUT2D eigenvalue weighted by Gasteiger charge is -2.33. The average Bonchev–Trinajstić information content (AvgIpc) is 2.68. The lowest BCUT2D eigenvalue weighted by molar-refractivity contribution is -0.140. The van der Waals surface area contributed by atoms with Crippen LogP contribution in [-0.2, 0) is 26.2 Å². The maximum atomic E-state index is 13.5. The van der Waals surface area contributed by atoms with E-state index in [1.54, 1.807) is 43.3 Å². The summed E-state index contributed by atoms with van der Waals surface area (Å²) < 4.78 is 26.4. The predicted molar refractivity (Wildman–Crippen MR) is 137 cm³/mol. The number of rotatable bonds is 8. The SMILES string of the molecule is Cc1cc(C)cc(N(CC(=O)N(Cc2ccc(Cl)cc2)C(C)C(=O)NC(C)(C)C)S(C)(=O)=O)c1. The first kappa shape index (κ1) is 27.7. The van der Waals surface area contributed by atoms with Crippen molar-refractivity contribution in [2.75, 3.05) is 17.1 Å². The van der Waals surface area contributed by atoms with Gasteiger partial charge in [-0.3, -0.25) is 13.9 Å². The van der Waals surface area contributed by atoms with Crippen LogP contribution in [0.15, 0.2) is 42.5 Å². The molecule has 2 amide bonds. The number of carbonyl (C=O) groups excluding carboxylic acids is 2. The number of aryl methyl sites for hydroxylation is 2. The smallest absolute Gasteiger partial charge is 0.244 e. The van der Waals surface area contributed by atoms with E-state index in [9.17, 15) is 18.0 Å². The Hall–Kier alpha value is -2.58. The maximum Gasteiger partial charge on any atom is 0.244 e. The largest absolute Gasteiger partial charge is 0.350 e.